The zero-order valence-corrected chi connectivity index (χ0v) is 18.2. The van der Waals surface area contributed by atoms with Gasteiger partial charge in [-0.3, -0.25) is 9.59 Å². The number of benzene rings is 1. The second kappa shape index (κ2) is 10.5. The quantitative estimate of drug-likeness (QED) is 0.557. The van der Waals surface area contributed by atoms with Crippen molar-refractivity contribution >= 4 is 21.7 Å². The molecule has 1 aliphatic heterocycles. The van der Waals surface area contributed by atoms with Crippen molar-refractivity contribution in [1.29, 1.82) is 0 Å². The van der Waals surface area contributed by atoms with Crippen molar-refractivity contribution in [2.24, 2.45) is 0 Å². The fraction of sp³-hybridized carbons (Fsp3) is 0.600. The second-order valence-corrected chi connectivity index (χ2v) is 9.23. The highest BCUT2D eigenvalue weighted by molar-refractivity contribution is 7.92. The van der Waals surface area contributed by atoms with Crippen LogP contribution < -0.4 is 9.47 Å². The van der Waals surface area contributed by atoms with Crippen molar-refractivity contribution in [1.82, 2.24) is 9.80 Å². The molecule has 1 fully saturated rings. The highest BCUT2D eigenvalue weighted by Crippen LogP contribution is 2.28. The second-order valence-electron chi connectivity index (χ2n) is 7.04. The number of piperazine rings is 1. The highest BCUT2D eigenvalue weighted by Gasteiger charge is 2.27. The number of hydrogen-bond donors (Lipinski definition) is 0. The maximum atomic E-state index is 12.7. The lowest BCUT2D eigenvalue weighted by atomic mass is 10.1. The first kappa shape index (κ1) is 23.0. The topological polar surface area (TPSA) is 93.2 Å². The number of carbonyl (C=O) groups excluding carboxylic acids is 2. The Morgan fingerprint density at radius 2 is 1.59 bits per heavy atom. The lowest BCUT2D eigenvalue weighted by Gasteiger charge is -2.34. The summed E-state index contributed by atoms with van der Waals surface area (Å²) in [7, 11) is -0.353. The lowest BCUT2D eigenvalue weighted by molar-refractivity contribution is -0.129. The highest BCUT2D eigenvalue weighted by atomic mass is 32.2. The fourth-order valence-corrected chi connectivity index (χ4v) is 4.58. The van der Waals surface area contributed by atoms with Gasteiger partial charge in [-0.15, -0.1) is 0 Å². The number of carbonyl (C=O) groups is 2. The largest absolute Gasteiger partial charge is 0.493 e. The van der Waals surface area contributed by atoms with Crippen molar-refractivity contribution in [3.63, 3.8) is 0 Å². The molecule has 0 aliphatic carbocycles. The predicted molar refractivity (Wildman–Crippen MR) is 110 cm³/mol. The first-order chi connectivity index (χ1) is 13.8. The zero-order chi connectivity index (χ0) is 21.4. The summed E-state index contributed by atoms with van der Waals surface area (Å²) in [6.07, 6.45) is 2.35. The number of methoxy groups -OCH3 is 2. The molecule has 2 rings (SSSR count). The third-order valence-electron chi connectivity index (χ3n) is 4.95. The normalized spacial score (nSPS) is 14.6. The number of nitrogens with zero attached hydrogens (tertiary/aromatic N) is 2. The Balaban J connectivity index is 1.91. The minimum Gasteiger partial charge on any atom is -0.493 e. The average Bonchev–Trinajstić information content (AvgIpc) is 2.72. The molecule has 0 bridgehead atoms. The Labute approximate surface area is 172 Å². The van der Waals surface area contributed by atoms with Gasteiger partial charge in [0.25, 0.3) is 5.91 Å². The van der Waals surface area contributed by atoms with Crippen LogP contribution in [0.25, 0.3) is 0 Å². The Morgan fingerprint density at radius 3 is 2.17 bits per heavy atom. The standard InChI is InChI=1S/C20H30N2O6S/c1-4-5-6-13-29(25,26)15-19(23)21-9-11-22(12-10-21)20(24)16-7-8-17(27-2)18(14-16)28-3/h7-8,14H,4-6,9-13,15H2,1-3H3. The summed E-state index contributed by atoms with van der Waals surface area (Å²) in [5.41, 5.74) is 0.473. The van der Waals surface area contributed by atoms with Gasteiger partial charge < -0.3 is 19.3 Å². The van der Waals surface area contributed by atoms with E-state index >= 15 is 0 Å². The van der Waals surface area contributed by atoms with Crippen LogP contribution in [0.15, 0.2) is 18.2 Å². The molecular weight excluding hydrogens is 396 g/mol. The van der Waals surface area contributed by atoms with Gasteiger partial charge in [-0.1, -0.05) is 19.8 Å². The van der Waals surface area contributed by atoms with E-state index in [4.69, 9.17) is 9.47 Å². The molecule has 29 heavy (non-hydrogen) atoms. The number of amides is 2. The molecule has 9 heteroatoms. The first-order valence-corrected chi connectivity index (χ1v) is 11.6. The van der Waals surface area contributed by atoms with Gasteiger partial charge in [-0.25, -0.2) is 8.42 Å². The van der Waals surface area contributed by atoms with E-state index in [0.717, 1.165) is 12.8 Å². The molecule has 0 N–H and O–H groups in total. The molecule has 1 aliphatic rings. The van der Waals surface area contributed by atoms with E-state index in [1.165, 1.54) is 19.1 Å². The van der Waals surface area contributed by atoms with Gasteiger partial charge in [0.15, 0.2) is 21.3 Å². The Morgan fingerprint density at radius 1 is 0.966 bits per heavy atom. The van der Waals surface area contributed by atoms with Crippen molar-refractivity contribution in [3.05, 3.63) is 23.8 Å². The third-order valence-corrected chi connectivity index (χ3v) is 6.55. The number of hydrogen-bond acceptors (Lipinski definition) is 6. The smallest absolute Gasteiger partial charge is 0.254 e. The molecule has 0 atom stereocenters. The Kier molecular flexibility index (Phi) is 8.31. The van der Waals surface area contributed by atoms with E-state index in [1.807, 2.05) is 6.92 Å². The molecule has 0 radical (unpaired) electrons. The molecule has 8 nitrogen and oxygen atoms in total. The summed E-state index contributed by atoms with van der Waals surface area (Å²) < 4.78 is 34.6. The SMILES string of the molecule is CCCCCS(=O)(=O)CC(=O)N1CCN(C(=O)c2ccc(OC)c(OC)c2)CC1. The van der Waals surface area contributed by atoms with Gasteiger partial charge in [-0.05, 0) is 24.6 Å². The van der Waals surface area contributed by atoms with E-state index < -0.39 is 15.6 Å². The number of sulfone groups is 1. The molecule has 0 aromatic heterocycles. The van der Waals surface area contributed by atoms with Crippen LogP contribution in [-0.2, 0) is 14.6 Å². The van der Waals surface area contributed by atoms with Crippen LogP contribution in [0.2, 0.25) is 0 Å². The molecular formula is C20H30N2O6S. The van der Waals surface area contributed by atoms with Crippen LogP contribution in [0, 0.1) is 0 Å². The van der Waals surface area contributed by atoms with Crippen LogP contribution in [0.4, 0.5) is 0 Å². The van der Waals surface area contributed by atoms with Gasteiger partial charge in [0.2, 0.25) is 5.91 Å². The van der Waals surface area contributed by atoms with Gasteiger partial charge in [0, 0.05) is 31.7 Å². The van der Waals surface area contributed by atoms with Crippen molar-refractivity contribution in [2.75, 3.05) is 51.9 Å². The average molecular weight is 427 g/mol. The summed E-state index contributed by atoms with van der Waals surface area (Å²) in [5, 5.41) is 0. The summed E-state index contributed by atoms with van der Waals surface area (Å²) in [4.78, 5) is 28.3. The maximum Gasteiger partial charge on any atom is 0.254 e. The van der Waals surface area contributed by atoms with Crippen LogP contribution in [0.3, 0.4) is 0 Å². The molecule has 0 saturated carbocycles. The Hall–Kier alpha value is -2.29. The van der Waals surface area contributed by atoms with Crippen LogP contribution >= 0.6 is 0 Å². The summed E-state index contributed by atoms with van der Waals surface area (Å²) in [5.74, 6) is 0.0509. The van der Waals surface area contributed by atoms with E-state index in [1.54, 1.807) is 23.1 Å². The monoisotopic (exact) mass is 426 g/mol. The summed E-state index contributed by atoms with van der Waals surface area (Å²) >= 11 is 0. The molecule has 162 valence electrons. The number of unbranched alkanes of at least 4 members (excludes halogenated alkanes) is 2. The molecule has 0 spiro atoms. The maximum absolute atomic E-state index is 12.7. The molecule has 2 amide bonds. The third kappa shape index (κ3) is 6.35. The van der Waals surface area contributed by atoms with Crippen LogP contribution in [0.5, 0.6) is 11.5 Å². The van der Waals surface area contributed by atoms with Crippen LogP contribution in [-0.4, -0.2) is 81.9 Å². The fourth-order valence-electron chi connectivity index (χ4n) is 3.23. The minimum atomic E-state index is -3.39. The first-order valence-electron chi connectivity index (χ1n) is 9.80. The molecule has 1 heterocycles. The van der Waals surface area contributed by atoms with Gasteiger partial charge in [-0.2, -0.15) is 0 Å². The van der Waals surface area contributed by atoms with Crippen LogP contribution in [0.1, 0.15) is 36.5 Å². The number of rotatable bonds is 9. The van der Waals surface area contributed by atoms with Gasteiger partial charge in [0.05, 0.1) is 20.0 Å². The minimum absolute atomic E-state index is 0.0460. The van der Waals surface area contributed by atoms with Gasteiger partial charge in [0.1, 0.15) is 5.75 Å². The van der Waals surface area contributed by atoms with Crippen molar-refractivity contribution in [2.45, 2.75) is 26.2 Å². The summed E-state index contributed by atoms with van der Waals surface area (Å²) in [6, 6.07) is 4.97. The summed E-state index contributed by atoms with van der Waals surface area (Å²) in [6.45, 7) is 3.36. The molecule has 1 aromatic carbocycles. The van der Waals surface area contributed by atoms with E-state index in [0.29, 0.717) is 49.7 Å². The zero-order valence-electron chi connectivity index (χ0n) is 17.3. The molecule has 0 unspecified atom stereocenters. The lowest BCUT2D eigenvalue weighted by Crippen LogP contribution is -2.51. The van der Waals surface area contributed by atoms with Crippen molar-refractivity contribution in [3.8, 4) is 11.5 Å². The Bertz CT molecular complexity index is 816. The van der Waals surface area contributed by atoms with E-state index in [-0.39, 0.29) is 17.6 Å². The predicted octanol–water partition coefficient (Wildman–Crippen LogP) is 1.59. The number of ether oxygens (including phenoxy) is 2. The van der Waals surface area contributed by atoms with E-state index in [2.05, 4.69) is 0 Å². The molecule has 1 saturated heterocycles. The molecule has 1 aromatic rings. The van der Waals surface area contributed by atoms with E-state index in [9.17, 15) is 18.0 Å². The van der Waals surface area contributed by atoms with Gasteiger partial charge >= 0.3 is 0 Å². The van der Waals surface area contributed by atoms with Crippen molar-refractivity contribution < 1.29 is 27.5 Å².